The summed E-state index contributed by atoms with van der Waals surface area (Å²) in [5.74, 6) is 0. The van der Waals surface area contributed by atoms with Crippen molar-refractivity contribution in [1.82, 2.24) is 4.90 Å². The van der Waals surface area contributed by atoms with Crippen LogP contribution in [0.15, 0.2) is 29.3 Å². The molecule has 1 rings (SSSR count). The molecule has 0 radical (unpaired) electrons. The van der Waals surface area contributed by atoms with E-state index in [1.807, 2.05) is 50.2 Å². The van der Waals surface area contributed by atoms with Crippen molar-refractivity contribution in [2.45, 2.75) is 6.92 Å². The van der Waals surface area contributed by atoms with Crippen LogP contribution in [0.25, 0.3) is 0 Å². The average molecular weight is 221 g/mol. The number of hydrogen-bond donors (Lipinski definition) is 1. The second kappa shape index (κ2) is 5.46. The van der Waals surface area contributed by atoms with E-state index < -0.39 is 0 Å². The molecule has 0 unspecified atom stereocenters. The largest absolute Gasteiger partial charge is 0.369 e. The third-order valence-electron chi connectivity index (χ3n) is 1.68. The molecule has 0 spiro atoms. The fraction of sp³-hybridized carbons (Fsp3) is 0.273. The normalized spacial score (nSPS) is 10.3. The van der Waals surface area contributed by atoms with Gasteiger partial charge in [-0.25, -0.2) is 4.99 Å². The average Bonchev–Trinajstić information content (AvgIpc) is 2.15. The zero-order valence-corrected chi connectivity index (χ0v) is 10.0. The van der Waals surface area contributed by atoms with E-state index in [2.05, 4.69) is 10.3 Å². The lowest BCUT2D eigenvalue weighted by atomic mass is 10.2. The molecule has 0 aliphatic carbocycles. The van der Waals surface area contributed by atoms with E-state index in [-0.39, 0.29) is 0 Å². The van der Waals surface area contributed by atoms with E-state index in [1.165, 1.54) is 5.56 Å². The summed E-state index contributed by atoms with van der Waals surface area (Å²) in [7, 11) is 3.80. The van der Waals surface area contributed by atoms with E-state index in [1.54, 1.807) is 6.34 Å². The summed E-state index contributed by atoms with van der Waals surface area (Å²) in [6.07, 6.45) is 1.67. The summed E-state index contributed by atoms with van der Waals surface area (Å²) >= 11 is 5.06. The smallest absolute Gasteiger partial charge is 0.198 e. The highest BCUT2D eigenvalue weighted by Crippen LogP contribution is 2.09. The van der Waals surface area contributed by atoms with Gasteiger partial charge < -0.3 is 10.2 Å². The first-order valence-electron chi connectivity index (χ1n) is 4.66. The standard InChI is InChI=1S/C11H15N3S/c1-9-5-4-6-10(7-9)13-11(15)12-8-14(2)3/h4-8H,1-3H3,(H,13,15)/b12-8+. The van der Waals surface area contributed by atoms with Gasteiger partial charge in [0.05, 0.1) is 6.34 Å². The Morgan fingerprint density at radius 3 is 2.80 bits per heavy atom. The van der Waals surface area contributed by atoms with Crippen LogP contribution in [0.5, 0.6) is 0 Å². The Balaban J connectivity index is 2.59. The van der Waals surface area contributed by atoms with E-state index in [9.17, 15) is 0 Å². The quantitative estimate of drug-likeness (QED) is 0.472. The molecule has 0 bridgehead atoms. The number of benzene rings is 1. The molecule has 80 valence electrons. The first-order valence-corrected chi connectivity index (χ1v) is 5.07. The van der Waals surface area contributed by atoms with Gasteiger partial charge in [-0.3, -0.25) is 0 Å². The maximum Gasteiger partial charge on any atom is 0.198 e. The lowest BCUT2D eigenvalue weighted by Gasteiger charge is -2.06. The van der Waals surface area contributed by atoms with Crippen LogP contribution in [0, 0.1) is 6.92 Å². The van der Waals surface area contributed by atoms with Gasteiger partial charge in [-0.15, -0.1) is 0 Å². The van der Waals surface area contributed by atoms with Crippen molar-refractivity contribution in [3.8, 4) is 0 Å². The number of nitrogens with zero attached hydrogens (tertiary/aromatic N) is 2. The molecule has 3 nitrogen and oxygen atoms in total. The van der Waals surface area contributed by atoms with Gasteiger partial charge in [-0.2, -0.15) is 0 Å². The maximum absolute atomic E-state index is 5.06. The summed E-state index contributed by atoms with van der Waals surface area (Å²) in [5, 5.41) is 3.51. The lowest BCUT2D eigenvalue weighted by Crippen LogP contribution is -2.12. The van der Waals surface area contributed by atoms with Crippen LogP contribution in [0.2, 0.25) is 0 Å². The van der Waals surface area contributed by atoms with E-state index >= 15 is 0 Å². The zero-order chi connectivity index (χ0) is 11.3. The summed E-state index contributed by atoms with van der Waals surface area (Å²) in [6.45, 7) is 2.04. The Morgan fingerprint density at radius 2 is 2.20 bits per heavy atom. The molecular formula is C11H15N3S. The van der Waals surface area contributed by atoms with Crippen molar-refractivity contribution in [3.05, 3.63) is 29.8 Å². The molecule has 1 aromatic carbocycles. The topological polar surface area (TPSA) is 27.6 Å². The Labute approximate surface area is 95.8 Å². The SMILES string of the molecule is Cc1cccc(NC(=S)/N=C/N(C)C)c1. The van der Waals surface area contributed by atoms with E-state index in [4.69, 9.17) is 12.2 Å². The van der Waals surface area contributed by atoms with Crippen LogP contribution in [0.1, 0.15) is 5.56 Å². The van der Waals surface area contributed by atoms with Gasteiger partial charge in [0.15, 0.2) is 5.11 Å². The van der Waals surface area contributed by atoms with Gasteiger partial charge in [0.1, 0.15) is 0 Å². The summed E-state index contributed by atoms with van der Waals surface area (Å²) in [4.78, 5) is 5.91. The van der Waals surface area contributed by atoms with Crippen LogP contribution in [-0.4, -0.2) is 30.4 Å². The van der Waals surface area contributed by atoms with Gasteiger partial charge in [0.2, 0.25) is 0 Å². The van der Waals surface area contributed by atoms with Crippen molar-refractivity contribution in [2.75, 3.05) is 19.4 Å². The van der Waals surface area contributed by atoms with Crippen LogP contribution >= 0.6 is 12.2 Å². The third kappa shape index (κ3) is 4.56. The van der Waals surface area contributed by atoms with E-state index in [0.717, 1.165) is 5.69 Å². The molecule has 0 saturated carbocycles. The molecule has 0 amide bonds. The molecule has 0 heterocycles. The number of rotatable bonds is 2. The maximum atomic E-state index is 5.06. The number of aliphatic imine (C=N–C) groups is 1. The molecule has 1 N–H and O–H groups in total. The molecule has 0 aromatic heterocycles. The molecule has 0 fully saturated rings. The summed E-state index contributed by atoms with van der Waals surface area (Å²) in [6, 6.07) is 8.01. The first kappa shape index (κ1) is 11.7. The van der Waals surface area contributed by atoms with Gasteiger partial charge in [0, 0.05) is 19.8 Å². The minimum absolute atomic E-state index is 0.467. The van der Waals surface area contributed by atoms with Crippen LogP contribution in [0.4, 0.5) is 5.69 Å². The highest BCUT2D eigenvalue weighted by molar-refractivity contribution is 7.80. The molecule has 0 aliphatic heterocycles. The predicted octanol–water partition coefficient (Wildman–Crippen LogP) is 2.28. The molecule has 15 heavy (non-hydrogen) atoms. The third-order valence-corrected chi connectivity index (χ3v) is 1.88. The van der Waals surface area contributed by atoms with Crippen LogP contribution in [0.3, 0.4) is 0 Å². The van der Waals surface area contributed by atoms with Crippen molar-refractivity contribution in [3.63, 3.8) is 0 Å². The number of nitrogens with one attached hydrogen (secondary N) is 1. The number of aryl methyl sites for hydroxylation is 1. The highest BCUT2D eigenvalue weighted by Gasteiger charge is 1.94. The number of anilines is 1. The molecule has 4 heteroatoms. The predicted molar refractivity (Wildman–Crippen MR) is 69.6 cm³/mol. The fourth-order valence-corrected chi connectivity index (χ4v) is 1.21. The van der Waals surface area contributed by atoms with Crippen molar-refractivity contribution in [2.24, 2.45) is 4.99 Å². The summed E-state index contributed by atoms with van der Waals surface area (Å²) in [5.41, 5.74) is 2.16. The monoisotopic (exact) mass is 221 g/mol. The Hall–Kier alpha value is -1.42. The van der Waals surface area contributed by atoms with E-state index in [0.29, 0.717) is 5.11 Å². The van der Waals surface area contributed by atoms with Crippen molar-refractivity contribution in [1.29, 1.82) is 0 Å². The van der Waals surface area contributed by atoms with Gasteiger partial charge in [-0.1, -0.05) is 12.1 Å². The minimum atomic E-state index is 0.467. The molecule has 1 aromatic rings. The highest BCUT2D eigenvalue weighted by atomic mass is 32.1. The van der Waals surface area contributed by atoms with Gasteiger partial charge in [0.25, 0.3) is 0 Å². The summed E-state index contributed by atoms with van der Waals surface area (Å²) < 4.78 is 0. The Bertz CT molecular complexity index is 372. The molecule has 0 aliphatic rings. The molecule has 0 saturated heterocycles. The van der Waals surface area contributed by atoms with Gasteiger partial charge in [-0.05, 0) is 36.8 Å². The number of hydrogen-bond acceptors (Lipinski definition) is 1. The second-order valence-corrected chi connectivity index (χ2v) is 3.89. The Kier molecular flexibility index (Phi) is 4.24. The lowest BCUT2D eigenvalue weighted by molar-refractivity contribution is 0.644. The second-order valence-electron chi connectivity index (χ2n) is 3.51. The Morgan fingerprint density at radius 1 is 1.47 bits per heavy atom. The number of thiocarbonyl (C=S) groups is 1. The fourth-order valence-electron chi connectivity index (χ4n) is 1.05. The van der Waals surface area contributed by atoms with Gasteiger partial charge >= 0.3 is 0 Å². The van der Waals surface area contributed by atoms with Crippen LogP contribution in [-0.2, 0) is 0 Å². The molecule has 0 atom stereocenters. The van der Waals surface area contributed by atoms with Crippen LogP contribution < -0.4 is 5.32 Å². The van der Waals surface area contributed by atoms with Crippen molar-refractivity contribution < 1.29 is 0 Å². The zero-order valence-electron chi connectivity index (χ0n) is 9.19. The first-order chi connectivity index (χ1) is 7.08. The van der Waals surface area contributed by atoms with Crippen molar-refractivity contribution >= 4 is 29.4 Å². The molecular weight excluding hydrogens is 206 g/mol. The minimum Gasteiger partial charge on any atom is -0.369 e.